The van der Waals surface area contributed by atoms with Crippen LogP contribution in [0, 0.1) is 34.9 Å². The molecular weight excluding hydrogens is 710 g/mol. The third-order valence-electron chi connectivity index (χ3n) is 11.7. The van der Waals surface area contributed by atoms with Gasteiger partial charge in [0.1, 0.15) is 31.0 Å². The molecular formula is C41H46F2N6O6. The zero-order chi connectivity index (χ0) is 39.1. The van der Waals surface area contributed by atoms with Crippen molar-refractivity contribution >= 4 is 22.5 Å². The number of benzene rings is 2. The second-order valence-corrected chi connectivity index (χ2v) is 15.3. The van der Waals surface area contributed by atoms with E-state index in [0.717, 1.165) is 12.8 Å². The molecule has 12 nitrogen and oxygen atoms in total. The van der Waals surface area contributed by atoms with E-state index in [1.807, 2.05) is 11.9 Å². The molecule has 4 atom stereocenters. The fourth-order valence-electron chi connectivity index (χ4n) is 8.75. The van der Waals surface area contributed by atoms with Gasteiger partial charge in [-0.15, -0.1) is 6.42 Å². The Balaban J connectivity index is 1.28. The first kappa shape index (κ1) is 38.1. The molecule has 1 amide bonds. The molecule has 0 aliphatic carbocycles. The van der Waals surface area contributed by atoms with Crippen molar-refractivity contribution in [2.45, 2.75) is 75.8 Å². The number of phenolic OH excluding ortho intramolecular Hbond substituents is 1. The van der Waals surface area contributed by atoms with Crippen LogP contribution in [-0.2, 0) is 9.53 Å². The highest BCUT2D eigenvalue weighted by Gasteiger charge is 2.58. The lowest BCUT2D eigenvalue weighted by molar-refractivity contribution is -0.126. The van der Waals surface area contributed by atoms with Gasteiger partial charge >= 0.3 is 6.01 Å². The maximum atomic E-state index is 15.5. The first-order valence-corrected chi connectivity index (χ1v) is 18.7. The minimum absolute atomic E-state index is 0.00292. The molecule has 14 heteroatoms. The predicted molar refractivity (Wildman–Crippen MR) is 200 cm³/mol. The third kappa shape index (κ3) is 6.98. The lowest BCUT2D eigenvalue weighted by atomic mass is 9.71. The summed E-state index contributed by atoms with van der Waals surface area (Å²) in [7, 11) is 1.82. The Morgan fingerprint density at radius 2 is 2.05 bits per heavy atom. The number of carbonyl (C=O) groups excluding carboxylic acids is 1. The van der Waals surface area contributed by atoms with Gasteiger partial charge in [-0.2, -0.15) is 15.2 Å². The summed E-state index contributed by atoms with van der Waals surface area (Å²) in [5.41, 5.74) is -1.64. The summed E-state index contributed by atoms with van der Waals surface area (Å²) in [6, 6.07) is 7.95. The summed E-state index contributed by atoms with van der Waals surface area (Å²) >= 11 is 0. The van der Waals surface area contributed by atoms with Crippen LogP contribution in [0.3, 0.4) is 0 Å². The van der Waals surface area contributed by atoms with Crippen LogP contribution in [0.5, 0.6) is 23.4 Å². The standard InChI is InChI=1S/C41H46F2N6O6/c1-6-30-32(43)11-10-25-17-29(50)18-31(35(25)30)33-22-53-36-37(47(5)21-28-9-8-14-48(28)34(51)7-2)45-39(46-38(36)55-33)54-24-41(40(3,4)23-44)19-26(42)20-49(41)27-12-15-52-16-13-27/h1,7,10-11,17-18,26-28,33,50H,2,8-9,12-16,19-22,24H2,3-5H3/t26-,28+,33?,41+/m1/s1. The Labute approximate surface area is 319 Å². The van der Waals surface area contributed by atoms with Gasteiger partial charge in [-0.3, -0.25) is 9.69 Å². The maximum absolute atomic E-state index is 15.5. The fourth-order valence-corrected chi connectivity index (χ4v) is 8.75. The molecule has 4 aliphatic rings. The molecule has 7 rings (SSSR count). The molecule has 55 heavy (non-hydrogen) atoms. The van der Waals surface area contributed by atoms with E-state index in [4.69, 9.17) is 30.4 Å². The van der Waals surface area contributed by atoms with Gasteiger partial charge in [0.15, 0.2) is 11.9 Å². The topological polar surface area (TPSA) is 134 Å². The van der Waals surface area contributed by atoms with Crippen molar-refractivity contribution in [2.75, 3.05) is 58.0 Å². The summed E-state index contributed by atoms with van der Waals surface area (Å²) in [6.45, 7) is 9.38. The van der Waals surface area contributed by atoms with Gasteiger partial charge in [-0.25, -0.2) is 8.78 Å². The van der Waals surface area contributed by atoms with Crippen LogP contribution < -0.4 is 19.1 Å². The van der Waals surface area contributed by atoms with E-state index in [1.54, 1.807) is 18.7 Å². The number of anilines is 1. The van der Waals surface area contributed by atoms with Crippen LogP contribution in [0.25, 0.3) is 10.8 Å². The number of aromatic nitrogens is 2. The third-order valence-corrected chi connectivity index (χ3v) is 11.7. The molecule has 1 aromatic heterocycles. The van der Waals surface area contributed by atoms with Crippen LogP contribution in [0.15, 0.2) is 36.9 Å². The number of fused-ring (bicyclic) bond motifs is 2. The number of likely N-dealkylation sites (N-methyl/N-ethyl adjacent to an activating group) is 1. The van der Waals surface area contributed by atoms with Gasteiger partial charge in [0.25, 0.3) is 5.88 Å². The highest BCUT2D eigenvalue weighted by molar-refractivity contribution is 5.93. The number of alkyl halides is 1. The largest absolute Gasteiger partial charge is 0.508 e. The summed E-state index contributed by atoms with van der Waals surface area (Å²) in [4.78, 5) is 27.9. The smallest absolute Gasteiger partial charge is 0.322 e. The number of nitrogens with zero attached hydrogens (tertiary/aromatic N) is 6. The van der Waals surface area contributed by atoms with Gasteiger partial charge in [0.05, 0.1) is 22.6 Å². The fraction of sp³-hybridized carbons (Fsp3) is 0.512. The van der Waals surface area contributed by atoms with E-state index < -0.39 is 29.0 Å². The lowest BCUT2D eigenvalue weighted by Gasteiger charge is -2.49. The van der Waals surface area contributed by atoms with E-state index >= 15 is 4.39 Å². The molecule has 3 saturated heterocycles. The van der Waals surface area contributed by atoms with E-state index in [0.29, 0.717) is 61.3 Å². The van der Waals surface area contributed by atoms with E-state index in [9.17, 15) is 19.6 Å². The van der Waals surface area contributed by atoms with Crippen molar-refractivity contribution in [3.8, 4) is 41.8 Å². The highest BCUT2D eigenvalue weighted by atomic mass is 19.1. The Hall–Kier alpha value is -5.18. The predicted octanol–water partition coefficient (Wildman–Crippen LogP) is 5.47. The van der Waals surface area contributed by atoms with Crippen LogP contribution in [-0.4, -0.2) is 108 Å². The SMILES string of the molecule is C#Cc1c(F)ccc2cc(O)cc(C3COc4c(nc(OC[C@]5(C(C)(C)C#N)C[C@@H](F)CN5C5CCOCC5)nc4N(C)C[C@@H]4CCCN4C(=O)C=C)O3)c12. The number of rotatable bonds is 10. The van der Waals surface area contributed by atoms with Crippen LogP contribution in [0.4, 0.5) is 14.6 Å². The molecule has 1 N–H and O–H groups in total. The molecule has 0 spiro atoms. The summed E-state index contributed by atoms with van der Waals surface area (Å²) in [6.07, 6.45) is 8.10. The van der Waals surface area contributed by atoms with Crippen molar-refractivity contribution in [3.05, 3.63) is 53.9 Å². The number of ether oxygens (including phenoxy) is 4. The van der Waals surface area contributed by atoms with Crippen LogP contribution in [0.2, 0.25) is 0 Å². The summed E-state index contributed by atoms with van der Waals surface area (Å²) in [5, 5.41) is 22.0. The molecule has 3 aromatic rings. The van der Waals surface area contributed by atoms with Gasteiger partial charge in [0.2, 0.25) is 11.7 Å². The average molecular weight is 757 g/mol. The van der Waals surface area contributed by atoms with E-state index in [2.05, 4.69) is 28.5 Å². The number of likely N-dealkylation sites (tertiary alicyclic amines) is 2. The molecule has 290 valence electrons. The van der Waals surface area contributed by atoms with Crippen molar-refractivity contribution in [1.29, 1.82) is 5.26 Å². The van der Waals surface area contributed by atoms with Crippen molar-refractivity contribution in [1.82, 2.24) is 19.8 Å². The Morgan fingerprint density at radius 1 is 1.27 bits per heavy atom. The Morgan fingerprint density at radius 3 is 2.78 bits per heavy atom. The second-order valence-electron chi connectivity index (χ2n) is 15.3. The van der Waals surface area contributed by atoms with Gasteiger partial charge in [-0.1, -0.05) is 18.6 Å². The van der Waals surface area contributed by atoms with Crippen molar-refractivity contribution in [3.63, 3.8) is 0 Å². The normalized spacial score (nSPS) is 24.3. The van der Waals surface area contributed by atoms with Crippen molar-refractivity contribution < 1.29 is 37.6 Å². The molecule has 3 fully saturated rings. The minimum Gasteiger partial charge on any atom is -0.508 e. The Bertz CT molecular complexity index is 2060. The van der Waals surface area contributed by atoms with Gasteiger partial charge < -0.3 is 33.9 Å². The number of phenols is 1. The number of amides is 1. The number of hydrogen-bond acceptors (Lipinski definition) is 11. The molecule has 0 bridgehead atoms. The number of terminal acetylenes is 1. The quantitative estimate of drug-likeness (QED) is 0.209. The second kappa shape index (κ2) is 15.2. The summed E-state index contributed by atoms with van der Waals surface area (Å²) in [5.74, 6) is 2.18. The first-order chi connectivity index (χ1) is 26.4. The zero-order valence-electron chi connectivity index (χ0n) is 31.4. The number of carbonyl (C=O) groups is 1. The maximum Gasteiger partial charge on any atom is 0.322 e. The van der Waals surface area contributed by atoms with Crippen LogP contribution in [0.1, 0.15) is 63.2 Å². The molecule has 5 heterocycles. The van der Waals surface area contributed by atoms with Crippen LogP contribution >= 0.6 is 0 Å². The number of halogens is 2. The molecule has 0 saturated carbocycles. The zero-order valence-corrected chi connectivity index (χ0v) is 31.4. The molecule has 4 aliphatic heterocycles. The Kier molecular flexibility index (Phi) is 10.5. The average Bonchev–Trinajstić information content (AvgIpc) is 3.80. The van der Waals surface area contributed by atoms with Gasteiger partial charge in [-0.05, 0) is 69.2 Å². The van der Waals surface area contributed by atoms with E-state index in [-0.39, 0.29) is 73.1 Å². The van der Waals surface area contributed by atoms with Gasteiger partial charge in [0, 0.05) is 69.3 Å². The minimum atomic E-state index is -1.18. The number of aromatic hydroxyl groups is 1. The van der Waals surface area contributed by atoms with Crippen molar-refractivity contribution in [2.24, 2.45) is 5.41 Å². The molecule has 1 unspecified atom stereocenters. The van der Waals surface area contributed by atoms with E-state index in [1.165, 1.54) is 30.3 Å². The number of nitriles is 1. The summed E-state index contributed by atoms with van der Waals surface area (Å²) < 4.78 is 55.5. The molecule has 2 aromatic carbocycles. The highest BCUT2D eigenvalue weighted by Crippen LogP contribution is 2.48. The monoisotopic (exact) mass is 756 g/mol. The number of hydrogen-bond donors (Lipinski definition) is 1. The first-order valence-electron chi connectivity index (χ1n) is 18.7. The molecule has 0 radical (unpaired) electrons. The lowest BCUT2D eigenvalue weighted by Crippen LogP contribution is -2.61.